The van der Waals surface area contributed by atoms with Gasteiger partial charge < -0.3 is 25.7 Å². The van der Waals surface area contributed by atoms with Crippen LogP contribution in [-0.2, 0) is 22.4 Å². The summed E-state index contributed by atoms with van der Waals surface area (Å²) < 4.78 is 30.5. The molecular formula is C31H35F2N3O5S. The lowest BCUT2D eigenvalue weighted by molar-refractivity contribution is -0.148. The standard InChI is InChI=1S/C31H35F2N3O5S/c1-19-22(12-7-13-24(19)37)27(39)35-23(17-20-9-5-4-6-10-20)25(38)29(41)36-18-31(32,33)30(2,3)26(36)28(40)34-15-14-21-11-8-16-42-21/h4-13,16,23,25-26,37-38H,14-15,17-18H2,1-3H3,(H,34,40)(H,35,39)/t23-,25-,26+/m0/s1. The first kappa shape index (κ1) is 31.1. The van der Waals surface area contributed by atoms with Gasteiger partial charge in [0.05, 0.1) is 18.0 Å². The number of likely N-dealkylation sites (tertiary alicyclic amines) is 1. The van der Waals surface area contributed by atoms with E-state index in [2.05, 4.69) is 10.6 Å². The van der Waals surface area contributed by atoms with Gasteiger partial charge in [-0.2, -0.15) is 0 Å². The van der Waals surface area contributed by atoms with Crippen LogP contribution in [0.4, 0.5) is 8.78 Å². The molecule has 11 heteroatoms. The molecule has 2 aromatic carbocycles. The minimum absolute atomic E-state index is 0.00263. The van der Waals surface area contributed by atoms with Gasteiger partial charge in [0.2, 0.25) is 5.91 Å². The summed E-state index contributed by atoms with van der Waals surface area (Å²) >= 11 is 1.51. The van der Waals surface area contributed by atoms with Gasteiger partial charge in [0.1, 0.15) is 11.8 Å². The topological polar surface area (TPSA) is 119 Å². The highest BCUT2D eigenvalue weighted by Crippen LogP contribution is 2.48. The molecule has 8 nitrogen and oxygen atoms in total. The highest BCUT2D eigenvalue weighted by molar-refractivity contribution is 7.09. The normalized spacial score (nSPS) is 18.7. The van der Waals surface area contributed by atoms with Crippen molar-refractivity contribution in [3.05, 3.63) is 87.6 Å². The zero-order chi connectivity index (χ0) is 30.7. The second kappa shape index (κ2) is 12.6. The van der Waals surface area contributed by atoms with Crippen LogP contribution in [0.15, 0.2) is 66.0 Å². The SMILES string of the molecule is Cc1c(O)cccc1C(=O)N[C@@H](Cc1ccccc1)[C@H](O)C(=O)N1CC(F)(F)C(C)(C)[C@H]1C(=O)NCCc1cccs1. The third kappa shape index (κ3) is 6.47. The number of rotatable bonds is 10. The van der Waals surface area contributed by atoms with Gasteiger partial charge in [-0.1, -0.05) is 56.3 Å². The molecule has 3 aromatic rings. The quantitative estimate of drug-likeness (QED) is 0.284. The fraction of sp³-hybridized carbons (Fsp3) is 0.387. The number of halogens is 2. The number of nitrogens with one attached hydrogen (secondary N) is 2. The maximum absolute atomic E-state index is 15.3. The van der Waals surface area contributed by atoms with Crippen molar-refractivity contribution < 1.29 is 33.4 Å². The van der Waals surface area contributed by atoms with Crippen LogP contribution in [0.25, 0.3) is 0 Å². The van der Waals surface area contributed by atoms with Crippen molar-refractivity contribution in [3.8, 4) is 5.75 Å². The summed E-state index contributed by atoms with van der Waals surface area (Å²) in [5.74, 6) is -6.02. The summed E-state index contributed by atoms with van der Waals surface area (Å²) in [6.07, 6.45) is -1.44. The van der Waals surface area contributed by atoms with Crippen molar-refractivity contribution in [1.82, 2.24) is 15.5 Å². The molecule has 2 heterocycles. The number of carbonyl (C=O) groups is 3. The second-order valence-corrected chi connectivity index (χ2v) is 12.1. The summed E-state index contributed by atoms with van der Waals surface area (Å²) in [5, 5.41) is 28.6. The number of aliphatic hydroxyl groups is 1. The molecule has 1 aliphatic rings. The van der Waals surface area contributed by atoms with Gasteiger partial charge in [0, 0.05) is 22.5 Å². The van der Waals surface area contributed by atoms with Crippen molar-refractivity contribution in [2.45, 2.75) is 57.7 Å². The summed E-state index contributed by atoms with van der Waals surface area (Å²) in [7, 11) is 0. The van der Waals surface area contributed by atoms with Crippen LogP contribution in [-0.4, -0.2) is 70.0 Å². The second-order valence-electron chi connectivity index (χ2n) is 11.1. The van der Waals surface area contributed by atoms with Crippen LogP contribution >= 0.6 is 11.3 Å². The van der Waals surface area contributed by atoms with E-state index < -0.39 is 53.8 Å². The van der Waals surface area contributed by atoms with E-state index in [1.165, 1.54) is 43.4 Å². The Hall–Kier alpha value is -3.83. The van der Waals surface area contributed by atoms with E-state index in [-0.39, 0.29) is 24.3 Å². The van der Waals surface area contributed by atoms with Gasteiger partial charge >= 0.3 is 0 Å². The van der Waals surface area contributed by atoms with Gasteiger partial charge in [-0.3, -0.25) is 14.4 Å². The smallest absolute Gasteiger partial charge is 0.272 e. The van der Waals surface area contributed by atoms with Gasteiger partial charge in [-0.25, -0.2) is 8.78 Å². The molecule has 4 N–H and O–H groups in total. The Kier molecular flexibility index (Phi) is 9.32. The Morgan fingerprint density at radius 2 is 1.79 bits per heavy atom. The predicted octanol–water partition coefficient (Wildman–Crippen LogP) is 3.70. The Morgan fingerprint density at radius 3 is 2.45 bits per heavy atom. The van der Waals surface area contributed by atoms with Crippen LogP contribution in [0, 0.1) is 12.3 Å². The molecule has 1 fully saturated rings. The number of aromatic hydroxyl groups is 1. The zero-order valence-corrected chi connectivity index (χ0v) is 24.5. The molecule has 0 unspecified atom stereocenters. The highest BCUT2D eigenvalue weighted by atomic mass is 32.1. The van der Waals surface area contributed by atoms with Crippen LogP contribution in [0.3, 0.4) is 0 Å². The number of phenols is 1. The largest absolute Gasteiger partial charge is 0.508 e. The molecule has 1 saturated heterocycles. The highest BCUT2D eigenvalue weighted by Gasteiger charge is 2.64. The molecule has 0 radical (unpaired) electrons. The first-order chi connectivity index (χ1) is 19.8. The first-order valence-corrected chi connectivity index (χ1v) is 14.5. The number of hydrogen-bond acceptors (Lipinski definition) is 6. The number of thiophene rings is 1. The number of hydrogen-bond donors (Lipinski definition) is 4. The van der Waals surface area contributed by atoms with Crippen molar-refractivity contribution in [3.63, 3.8) is 0 Å². The van der Waals surface area contributed by atoms with Crippen LogP contribution in [0.1, 0.15) is 40.2 Å². The minimum Gasteiger partial charge on any atom is -0.508 e. The first-order valence-electron chi connectivity index (χ1n) is 13.6. The zero-order valence-electron chi connectivity index (χ0n) is 23.6. The molecule has 3 atom stereocenters. The predicted molar refractivity (Wildman–Crippen MR) is 156 cm³/mol. The number of aliphatic hydroxyl groups excluding tert-OH is 1. The van der Waals surface area contributed by atoms with E-state index in [1.54, 1.807) is 37.3 Å². The lowest BCUT2D eigenvalue weighted by Gasteiger charge is -2.34. The fourth-order valence-corrected chi connectivity index (χ4v) is 5.91. The van der Waals surface area contributed by atoms with Gasteiger partial charge in [-0.15, -0.1) is 11.3 Å². The van der Waals surface area contributed by atoms with E-state index in [0.717, 1.165) is 9.78 Å². The molecular weight excluding hydrogens is 564 g/mol. The maximum atomic E-state index is 15.3. The van der Waals surface area contributed by atoms with Gasteiger partial charge in [-0.05, 0) is 48.9 Å². The molecule has 0 spiro atoms. The Morgan fingerprint density at radius 1 is 1.07 bits per heavy atom. The average molecular weight is 600 g/mol. The van der Waals surface area contributed by atoms with Crippen LogP contribution in [0.2, 0.25) is 0 Å². The summed E-state index contributed by atoms with van der Waals surface area (Å²) in [5.41, 5.74) is -0.817. The molecule has 3 amide bonds. The number of benzene rings is 2. The molecule has 4 rings (SSSR count). The summed E-state index contributed by atoms with van der Waals surface area (Å²) in [4.78, 5) is 42.0. The Bertz CT molecular complexity index is 1420. The Labute approximate surface area is 247 Å². The molecule has 0 saturated carbocycles. The molecule has 1 aliphatic heterocycles. The van der Waals surface area contributed by atoms with E-state index in [1.807, 2.05) is 17.5 Å². The van der Waals surface area contributed by atoms with Crippen molar-refractivity contribution in [2.24, 2.45) is 5.41 Å². The molecule has 0 aliphatic carbocycles. The number of amides is 3. The minimum atomic E-state index is -3.42. The van der Waals surface area contributed by atoms with Crippen LogP contribution < -0.4 is 10.6 Å². The third-order valence-corrected chi connectivity index (χ3v) is 8.82. The number of phenolic OH excluding ortho intramolecular Hbond substituents is 1. The average Bonchev–Trinajstić information content (AvgIpc) is 3.53. The lowest BCUT2D eigenvalue weighted by Crippen LogP contribution is -2.58. The number of carbonyl (C=O) groups excluding carboxylic acids is 3. The summed E-state index contributed by atoms with van der Waals surface area (Å²) in [6.45, 7) is 3.14. The Balaban J connectivity index is 1.59. The van der Waals surface area contributed by atoms with Crippen molar-refractivity contribution in [2.75, 3.05) is 13.1 Å². The number of nitrogens with zero attached hydrogens (tertiary/aromatic N) is 1. The molecule has 1 aromatic heterocycles. The molecule has 224 valence electrons. The van der Waals surface area contributed by atoms with Gasteiger partial charge in [0.15, 0.2) is 6.10 Å². The van der Waals surface area contributed by atoms with Crippen LogP contribution in [0.5, 0.6) is 5.75 Å². The lowest BCUT2D eigenvalue weighted by atomic mass is 9.81. The monoisotopic (exact) mass is 599 g/mol. The van der Waals surface area contributed by atoms with E-state index in [0.29, 0.717) is 17.5 Å². The van der Waals surface area contributed by atoms with Crippen molar-refractivity contribution >= 4 is 29.1 Å². The van der Waals surface area contributed by atoms with E-state index in [9.17, 15) is 24.6 Å². The van der Waals surface area contributed by atoms with Gasteiger partial charge in [0.25, 0.3) is 17.7 Å². The maximum Gasteiger partial charge on any atom is 0.272 e. The number of alkyl halides is 2. The third-order valence-electron chi connectivity index (χ3n) is 7.89. The van der Waals surface area contributed by atoms with Crippen molar-refractivity contribution in [1.29, 1.82) is 0 Å². The fourth-order valence-electron chi connectivity index (χ4n) is 5.20. The molecule has 42 heavy (non-hydrogen) atoms. The summed E-state index contributed by atoms with van der Waals surface area (Å²) in [6, 6.07) is 14.2. The van der Waals surface area contributed by atoms with E-state index in [4.69, 9.17) is 0 Å². The van der Waals surface area contributed by atoms with E-state index >= 15 is 8.78 Å². The molecule has 0 bridgehead atoms.